The van der Waals surface area contributed by atoms with Crippen LogP contribution >= 0.6 is 11.6 Å². The van der Waals surface area contributed by atoms with Gasteiger partial charge in [0.25, 0.3) is 0 Å². The first-order chi connectivity index (χ1) is 11.1. The van der Waals surface area contributed by atoms with Crippen LogP contribution in [0.1, 0.15) is 12.8 Å². The molecule has 0 radical (unpaired) electrons. The van der Waals surface area contributed by atoms with Gasteiger partial charge in [-0.3, -0.25) is 14.9 Å². The van der Waals surface area contributed by atoms with Crippen molar-refractivity contribution in [3.63, 3.8) is 0 Å². The average molecular weight is 338 g/mol. The normalized spacial score (nSPS) is 22.8. The van der Waals surface area contributed by atoms with Crippen molar-refractivity contribution in [2.75, 3.05) is 31.6 Å². The second kappa shape index (κ2) is 6.86. The lowest BCUT2D eigenvalue weighted by Gasteiger charge is -2.36. The van der Waals surface area contributed by atoms with Crippen LogP contribution in [-0.2, 0) is 14.3 Å². The van der Waals surface area contributed by atoms with Crippen LogP contribution in [-0.4, -0.2) is 44.2 Å². The van der Waals surface area contributed by atoms with E-state index in [0.717, 1.165) is 12.8 Å². The molecule has 2 aliphatic heterocycles. The summed E-state index contributed by atoms with van der Waals surface area (Å²) in [5, 5.41) is 9.25. The summed E-state index contributed by atoms with van der Waals surface area (Å²) < 4.78 is 5.40. The minimum atomic E-state index is -0.358. The second-order valence-electron chi connectivity index (χ2n) is 6.03. The Morgan fingerprint density at radius 1 is 1.35 bits per heavy atom. The van der Waals surface area contributed by atoms with Crippen LogP contribution in [0.4, 0.5) is 5.69 Å². The molecule has 1 unspecified atom stereocenters. The molecule has 0 aromatic heterocycles. The number of hydrogen-bond donors (Lipinski definition) is 3. The van der Waals surface area contributed by atoms with Crippen LogP contribution in [0.2, 0.25) is 5.02 Å². The lowest BCUT2D eigenvalue weighted by molar-refractivity contribution is -0.123. The highest BCUT2D eigenvalue weighted by Gasteiger charge is 2.48. The molecule has 0 saturated carbocycles. The number of carbonyl (C=O) groups excluding carboxylic acids is 2. The van der Waals surface area contributed by atoms with Crippen LogP contribution in [0, 0.1) is 5.41 Å². The summed E-state index contributed by atoms with van der Waals surface area (Å²) in [7, 11) is 0. The lowest BCUT2D eigenvalue weighted by Crippen LogP contribution is -2.51. The highest BCUT2D eigenvalue weighted by atomic mass is 35.5. The SMILES string of the molecule is O=C(CNC1C(=O)NCC12CCOCC2)Nc1ccccc1Cl. The van der Waals surface area contributed by atoms with Gasteiger partial charge in [0.2, 0.25) is 11.8 Å². The van der Waals surface area contributed by atoms with Crippen molar-refractivity contribution in [2.24, 2.45) is 5.41 Å². The molecule has 3 N–H and O–H groups in total. The van der Waals surface area contributed by atoms with E-state index in [1.165, 1.54) is 0 Å². The predicted molar refractivity (Wildman–Crippen MR) is 87.4 cm³/mol. The van der Waals surface area contributed by atoms with Crippen LogP contribution in [0.3, 0.4) is 0 Å². The molecule has 1 aromatic rings. The molecule has 124 valence electrons. The molecule has 1 spiro atoms. The molecule has 1 atom stereocenters. The van der Waals surface area contributed by atoms with E-state index in [1.807, 2.05) is 0 Å². The smallest absolute Gasteiger partial charge is 0.238 e. The molecule has 2 fully saturated rings. The zero-order chi connectivity index (χ0) is 16.3. The minimum Gasteiger partial charge on any atom is -0.381 e. The van der Waals surface area contributed by atoms with Crippen molar-refractivity contribution >= 4 is 29.1 Å². The predicted octanol–water partition coefficient (Wildman–Crippen LogP) is 1.16. The molecule has 2 amide bonds. The van der Waals surface area contributed by atoms with Crippen molar-refractivity contribution < 1.29 is 14.3 Å². The van der Waals surface area contributed by atoms with Gasteiger partial charge >= 0.3 is 0 Å². The number of anilines is 1. The van der Waals surface area contributed by atoms with Gasteiger partial charge in [-0.05, 0) is 25.0 Å². The van der Waals surface area contributed by atoms with Gasteiger partial charge in [-0.25, -0.2) is 0 Å². The van der Waals surface area contributed by atoms with E-state index in [1.54, 1.807) is 24.3 Å². The first kappa shape index (κ1) is 16.2. The Kier molecular flexibility index (Phi) is 4.84. The zero-order valence-electron chi connectivity index (χ0n) is 12.7. The van der Waals surface area contributed by atoms with Gasteiger partial charge in [-0.15, -0.1) is 0 Å². The van der Waals surface area contributed by atoms with E-state index in [2.05, 4.69) is 16.0 Å². The lowest BCUT2D eigenvalue weighted by atomic mass is 9.76. The fourth-order valence-corrected chi connectivity index (χ4v) is 3.43. The fraction of sp³-hybridized carbons (Fsp3) is 0.500. The number of rotatable bonds is 4. The number of ether oxygens (including phenoxy) is 1. The number of carbonyl (C=O) groups is 2. The number of nitrogens with one attached hydrogen (secondary N) is 3. The zero-order valence-corrected chi connectivity index (χ0v) is 13.5. The van der Waals surface area contributed by atoms with Crippen molar-refractivity contribution in [2.45, 2.75) is 18.9 Å². The summed E-state index contributed by atoms with van der Waals surface area (Å²) >= 11 is 6.02. The molecule has 2 heterocycles. The molecule has 0 bridgehead atoms. The third kappa shape index (κ3) is 3.49. The van der Waals surface area contributed by atoms with Crippen molar-refractivity contribution in [3.8, 4) is 0 Å². The highest BCUT2D eigenvalue weighted by molar-refractivity contribution is 6.33. The minimum absolute atomic E-state index is 0.0440. The summed E-state index contributed by atoms with van der Waals surface area (Å²) in [6.07, 6.45) is 1.63. The molecule has 2 saturated heterocycles. The molecule has 2 aliphatic rings. The number of halogens is 1. The van der Waals surface area contributed by atoms with Gasteiger partial charge in [0.05, 0.1) is 23.3 Å². The van der Waals surface area contributed by atoms with Gasteiger partial charge in [-0.1, -0.05) is 23.7 Å². The number of amides is 2. The molecular formula is C16H20ClN3O3. The van der Waals surface area contributed by atoms with Crippen LogP contribution in [0.25, 0.3) is 0 Å². The van der Waals surface area contributed by atoms with Crippen LogP contribution in [0.5, 0.6) is 0 Å². The third-order valence-electron chi connectivity index (χ3n) is 4.59. The van der Waals surface area contributed by atoms with E-state index in [9.17, 15) is 9.59 Å². The first-order valence-electron chi connectivity index (χ1n) is 7.74. The maximum Gasteiger partial charge on any atom is 0.238 e. The Labute approximate surface area is 139 Å². The van der Waals surface area contributed by atoms with E-state index < -0.39 is 0 Å². The Hall–Kier alpha value is -1.63. The maximum absolute atomic E-state index is 12.1. The first-order valence-corrected chi connectivity index (χ1v) is 8.12. The Morgan fingerprint density at radius 2 is 2.09 bits per heavy atom. The number of benzene rings is 1. The molecule has 6 nitrogen and oxygen atoms in total. The van der Waals surface area contributed by atoms with Crippen molar-refractivity contribution in [1.82, 2.24) is 10.6 Å². The second-order valence-corrected chi connectivity index (χ2v) is 6.44. The van der Waals surface area contributed by atoms with Crippen molar-refractivity contribution in [1.29, 1.82) is 0 Å². The van der Waals surface area contributed by atoms with Crippen molar-refractivity contribution in [3.05, 3.63) is 29.3 Å². The fourth-order valence-electron chi connectivity index (χ4n) is 3.25. The summed E-state index contributed by atoms with van der Waals surface area (Å²) in [5.41, 5.74) is 0.414. The van der Waals surface area contributed by atoms with Gasteiger partial charge in [0.15, 0.2) is 0 Å². The van der Waals surface area contributed by atoms with Gasteiger partial charge in [-0.2, -0.15) is 0 Å². The third-order valence-corrected chi connectivity index (χ3v) is 4.92. The largest absolute Gasteiger partial charge is 0.381 e. The van der Waals surface area contributed by atoms with E-state index in [0.29, 0.717) is 30.5 Å². The summed E-state index contributed by atoms with van der Waals surface area (Å²) in [6.45, 7) is 2.00. The Bertz CT molecular complexity index is 602. The maximum atomic E-state index is 12.1. The summed E-state index contributed by atoms with van der Waals surface area (Å²) in [5.74, 6) is -0.266. The molecule has 7 heteroatoms. The molecule has 0 aliphatic carbocycles. The molecular weight excluding hydrogens is 318 g/mol. The van der Waals surface area contributed by atoms with Crippen LogP contribution in [0.15, 0.2) is 24.3 Å². The van der Waals surface area contributed by atoms with Gasteiger partial charge in [0.1, 0.15) is 0 Å². The number of para-hydroxylation sites is 1. The van der Waals surface area contributed by atoms with E-state index in [4.69, 9.17) is 16.3 Å². The quantitative estimate of drug-likeness (QED) is 0.770. The standard InChI is InChI=1S/C16H20ClN3O3/c17-11-3-1-2-4-12(11)20-13(21)9-18-14-15(22)19-10-16(14)5-7-23-8-6-16/h1-4,14,18H,5-10H2,(H,19,22)(H,20,21). The topological polar surface area (TPSA) is 79.5 Å². The Morgan fingerprint density at radius 3 is 2.83 bits per heavy atom. The molecule has 3 rings (SSSR count). The monoisotopic (exact) mass is 337 g/mol. The highest BCUT2D eigenvalue weighted by Crippen LogP contribution is 2.37. The molecule has 1 aromatic carbocycles. The van der Waals surface area contributed by atoms with Gasteiger partial charge < -0.3 is 15.4 Å². The number of hydrogen-bond acceptors (Lipinski definition) is 4. The van der Waals surface area contributed by atoms with E-state index in [-0.39, 0.29) is 29.8 Å². The summed E-state index contributed by atoms with van der Waals surface area (Å²) in [6, 6.07) is 6.70. The summed E-state index contributed by atoms with van der Waals surface area (Å²) in [4.78, 5) is 24.2. The molecule has 23 heavy (non-hydrogen) atoms. The Balaban J connectivity index is 1.59. The van der Waals surface area contributed by atoms with Crippen LogP contribution < -0.4 is 16.0 Å². The van der Waals surface area contributed by atoms with E-state index >= 15 is 0 Å². The van der Waals surface area contributed by atoms with Gasteiger partial charge in [0, 0.05) is 25.2 Å². The average Bonchev–Trinajstić information content (AvgIpc) is 2.84.